The van der Waals surface area contributed by atoms with Crippen LogP contribution in [0.4, 0.5) is 5.69 Å². The van der Waals surface area contributed by atoms with Gasteiger partial charge in [0, 0.05) is 55.9 Å². The van der Waals surface area contributed by atoms with Gasteiger partial charge in [0.15, 0.2) is 0 Å². The molecule has 162 valence electrons. The van der Waals surface area contributed by atoms with Crippen LogP contribution in [0.3, 0.4) is 0 Å². The maximum Gasteiger partial charge on any atom is 0.264 e. The monoisotopic (exact) mass is 436 g/mol. The number of allylic oxidation sites excluding steroid dienone is 1. The molecule has 7 nitrogen and oxygen atoms in total. The van der Waals surface area contributed by atoms with Crippen molar-refractivity contribution in [3.63, 3.8) is 0 Å². The highest BCUT2D eigenvalue weighted by Crippen LogP contribution is 2.26. The fraction of sp³-hybridized carbons (Fsp3) is 0.348. The van der Waals surface area contributed by atoms with E-state index in [0.717, 1.165) is 66.6 Å². The molecule has 1 aromatic carbocycles. The number of rotatable bonds is 4. The summed E-state index contributed by atoms with van der Waals surface area (Å²) in [6.07, 6.45) is 7.60. The van der Waals surface area contributed by atoms with E-state index < -0.39 is 0 Å². The third-order valence-electron chi connectivity index (χ3n) is 5.26. The zero-order chi connectivity index (χ0) is 21.5. The Kier molecular flexibility index (Phi) is 7.11. The van der Waals surface area contributed by atoms with E-state index in [4.69, 9.17) is 5.73 Å². The first kappa shape index (κ1) is 21.3. The van der Waals surface area contributed by atoms with Gasteiger partial charge in [-0.1, -0.05) is 18.2 Å². The molecule has 1 fully saturated rings. The Hall–Kier alpha value is -2.97. The van der Waals surface area contributed by atoms with E-state index in [2.05, 4.69) is 32.8 Å². The van der Waals surface area contributed by atoms with Crippen LogP contribution in [0.15, 0.2) is 46.4 Å². The third-order valence-corrected chi connectivity index (χ3v) is 6.39. The quantitative estimate of drug-likeness (QED) is 0.642. The summed E-state index contributed by atoms with van der Waals surface area (Å²) in [5, 5.41) is 6.62. The number of hydrogen-bond acceptors (Lipinski definition) is 7. The first-order valence-electron chi connectivity index (χ1n) is 10.6. The third kappa shape index (κ3) is 5.80. The Bertz CT molecular complexity index is 986. The number of nitrogens with one attached hydrogen (secondary N) is 2. The lowest BCUT2D eigenvalue weighted by Gasteiger charge is -2.26. The number of carbonyl (C=O) groups excluding carboxylic acids is 1. The van der Waals surface area contributed by atoms with E-state index >= 15 is 0 Å². The molecule has 31 heavy (non-hydrogen) atoms. The number of amides is 1. The molecule has 4 rings (SSSR count). The molecule has 0 bridgehead atoms. The molecule has 0 aliphatic carbocycles. The maximum absolute atomic E-state index is 12.9. The number of piperazine rings is 1. The molecule has 4 N–H and O–H groups in total. The van der Waals surface area contributed by atoms with E-state index in [0.29, 0.717) is 12.5 Å². The minimum absolute atomic E-state index is 0.115. The molecular formula is C23H28N6OS. The Morgan fingerprint density at radius 3 is 2.84 bits per heavy atom. The molecule has 8 heteroatoms. The lowest BCUT2D eigenvalue weighted by Crippen LogP contribution is -2.46. The van der Waals surface area contributed by atoms with Crippen molar-refractivity contribution in [2.75, 3.05) is 38.5 Å². The summed E-state index contributed by atoms with van der Waals surface area (Å²) >= 11 is 1.55. The van der Waals surface area contributed by atoms with E-state index in [9.17, 15) is 4.79 Å². The maximum atomic E-state index is 12.9. The summed E-state index contributed by atoms with van der Waals surface area (Å²) in [6.45, 7) is 4.44. The highest BCUT2D eigenvalue weighted by molar-refractivity contribution is 7.15. The summed E-state index contributed by atoms with van der Waals surface area (Å²) in [5.41, 5.74) is 8.80. The molecule has 0 unspecified atom stereocenters. The van der Waals surface area contributed by atoms with Crippen molar-refractivity contribution < 1.29 is 4.79 Å². The van der Waals surface area contributed by atoms with E-state index in [1.807, 2.05) is 41.4 Å². The number of nitrogen functional groups attached to an aromatic ring is 1. The van der Waals surface area contributed by atoms with Gasteiger partial charge in [0.2, 0.25) is 5.96 Å². The van der Waals surface area contributed by atoms with Crippen molar-refractivity contribution >= 4 is 41.2 Å². The fourth-order valence-electron chi connectivity index (χ4n) is 3.52. The number of carbonyl (C=O) groups is 1. The number of hydrogen-bond donors (Lipinski definition) is 3. The Morgan fingerprint density at radius 2 is 2.03 bits per heavy atom. The highest BCUT2D eigenvalue weighted by Gasteiger charge is 2.21. The largest absolute Gasteiger partial charge is 0.399 e. The molecule has 0 radical (unpaired) electrons. The summed E-state index contributed by atoms with van der Waals surface area (Å²) in [7, 11) is 0. The number of guanidine groups is 1. The molecule has 3 heterocycles. The van der Waals surface area contributed by atoms with Crippen LogP contribution in [-0.4, -0.2) is 55.7 Å². The van der Waals surface area contributed by atoms with Crippen molar-refractivity contribution in [2.24, 2.45) is 9.98 Å². The summed E-state index contributed by atoms with van der Waals surface area (Å²) in [4.78, 5) is 25.9. The number of anilines is 1. The molecule has 0 spiro atoms. The van der Waals surface area contributed by atoms with Gasteiger partial charge in [-0.2, -0.15) is 0 Å². The van der Waals surface area contributed by atoms with Gasteiger partial charge in [-0.25, -0.2) is 9.98 Å². The molecule has 2 aromatic rings. The van der Waals surface area contributed by atoms with Crippen molar-refractivity contribution in [2.45, 2.75) is 19.4 Å². The molecule has 1 aromatic heterocycles. The standard InChI is InChI=1S/C23H28N6OS/c24-19-6-4-17(5-7-19)8-10-27-23-26-9-2-1-3-20-18(16-28-23)15-21(31-20)22(30)29-13-11-25-12-14-29/h1,3-7,9,15,25H,2,8,10-14,16,24H2,(H,27,28)/b3-1-,26-9?. The number of nitrogens with zero attached hydrogens (tertiary/aromatic N) is 3. The number of fused-ring (bicyclic) bond motifs is 1. The number of thiophene rings is 1. The zero-order valence-electron chi connectivity index (χ0n) is 17.5. The van der Waals surface area contributed by atoms with Gasteiger partial charge in [0.25, 0.3) is 5.91 Å². The number of nitrogens with two attached hydrogens (primary N) is 1. The molecule has 0 saturated carbocycles. The predicted molar refractivity (Wildman–Crippen MR) is 129 cm³/mol. The van der Waals surface area contributed by atoms with Gasteiger partial charge in [-0.3, -0.25) is 4.79 Å². The predicted octanol–water partition coefficient (Wildman–Crippen LogP) is 2.55. The van der Waals surface area contributed by atoms with Crippen molar-refractivity contribution in [3.05, 3.63) is 57.3 Å². The summed E-state index contributed by atoms with van der Waals surface area (Å²) in [5.74, 6) is 0.738. The van der Waals surface area contributed by atoms with Crippen LogP contribution in [0.5, 0.6) is 0 Å². The molecule has 1 amide bonds. The van der Waals surface area contributed by atoms with Crippen LogP contribution in [0, 0.1) is 0 Å². The van der Waals surface area contributed by atoms with Crippen molar-refractivity contribution in [3.8, 4) is 0 Å². The fourth-order valence-corrected chi connectivity index (χ4v) is 4.59. The second kappa shape index (κ2) is 10.4. The lowest BCUT2D eigenvalue weighted by molar-refractivity contribution is 0.0740. The van der Waals surface area contributed by atoms with Crippen molar-refractivity contribution in [1.82, 2.24) is 15.5 Å². The van der Waals surface area contributed by atoms with Gasteiger partial charge < -0.3 is 21.3 Å². The Labute approximate surface area is 186 Å². The second-order valence-corrected chi connectivity index (χ2v) is 8.63. The van der Waals surface area contributed by atoms with E-state index in [-0.39, 0.29) is 5.91 Å². The van der Waals surface area contributed by atoms with Crippen LogP contribution in [0.1, 0.15) is 32.1 Å². The lowest BCUT2D eigenvalue weighted by atomic mass is 10.1. The molecule has 2 aliphatic rings. The van der Waals surface area contributed by atoms with E-state index in [1.165, 1.54) is 5.56 Å². The van der Waals surface area contributed by atoms with Gasteiger partial charge in [-0.05, 0) is 41.8 Å². The second-order valence-electron chi connectivity index (χ2n) is 7.55. The molecular weight excluding hydrogens is 408 g/mol. The Morgan fingerprint density at radius 1 is 1.23 bits per heavy atom. The molecule has 2 aliphatic heterocycles. The molecule has 0 atom stereocenters. The first-order valence-corrected chi connectivity index (χ1v) is 11.5. The SMILES string of the molecule is Nc1ccc(CCNC2=NCc3cc(C(=O)N4CCNCC4)sc3/C=C\CC=N2)cc1. The van der Waals surface area contributed by atoms with Crippen LogP contribution in [-0.2, 0) is 13.0 Å². The average molecular weight is 437 g/mol. The minimum atomic E-state index is 0.115. The van der Waals surface area contributed by atoms with Crippen LogP contribution < -0.4 is 16.4 Å². The number of benzene rings is 1. The number of aliphatic imine (C=N–C) groups is 2. The van der Waals surface area contributed by atoms with Gasteiger partial charge in [-0.15, -0.1) is 11.3 Å². The summed E-state index contributed by atoms with van der Waals surface area (Å²) in [6, 6.07) is 9.90. The van der Waals surface area contributed by atoms with E-state index in [1.54, 1.807) is 11.3 Å². The average Bonchev–Trinajstić information content (AvgIpc) is 3.21. The van der Waals surface area contributed by atoms with Crippen molar-refractivity contribution in [1.29, 1.82) is 0 Å². The van der Waals surface area contributed by atoms with Crippen LogP contribution in [0.25, 0.3) is 6.08 Å². The topological polar surface area (TPSA) is 95.1 Å². The van der Waals surface area contributed by atoms with Crippen LogP contribution in [0.2, 0.25) is 0 Å². The normalized spacial score (nSPS) is 17.5. The summed E-state index contributed by atoms with van der Waals surface area (Å²) < 4.78 is 0. The Balaban J connectivity index is 1.43. The smallest absolute Gasteiger partial charge is 0.264 e. The first-order chi connectivity index (χ1) is 15.2. The highest BCUT2D eigenvalue weighted by atomic mass is 32.1. The minimum Gasteiger partial charge on any atom is -0.399 e. The van der Waals surface area contributed by atoms with Gasteiger partial charge in [0.1, 0.15) is 0 Å². The molecule has 1 saturated heterocycles. The zero-order valence-corrected chi connectivity index (χ0v) is 18.3. The van der Waals surface area contributed by atoms with Gasteiger partial charge in [0.05, 0.1) is 11.4 Å². The van der Waals surface area contributed by atoms with Gasteiger partial charge >= 0.3 is 0 Å². The van der Waals surface area contributed by atoms with Crippen LogP contribution >= 0.6 is 11.3 Å².